The molecule has 0 aromatic heterocycles. The van der Waals surface area contributed by atoms with Crippen molar-refractivity contribution in [1.29, 1.82) is 0 Å². The number of rotatable bonds is 5. The first-order valence-electron chi connectivity index (χ1n) is 6.10. The van der Waals surface area contributed by atoms with E-state index in [1.54, 1.807) is 0 Å². The van der Waals surface area contributed by atoms with Crippen LogP contribution in [0.1, 0.15) is 46.0 Å². The molecule has 2 N–H and O–H groups in total. The lowest BCUT2D eigenvalue weighted by molar-refractivity contribution is -0.151. The Balaban J connectivity index is 2.48. The molecule has 4 heteroatoms. The number of allylic oxidation sites excluding steroid dienone is 1. The number of carbonyl (C=O) groups excluding carboxylic acids is 1. The van der Waals surface area contributed by atoms with Gasteiger partial charge in [-0.25, -0.2) is 0 Å². The first kappa shape index (κ1) is 13.7. The largest absolute Gasteiger partial charge is 0.481 e. The van der Waals surface area contributed by atoms with Crippen molar-refractivity contribution in [3.8, 4) is 0 Å². The van der Waals surface area contributed by atoms with Crippen LogP contribution in [0.25, 0.3) is 0 Å². The molecule has 1 fully saturated rings. The fraction of sp³-hybridized carbons (Fsp3) is 0.692. The quantitative estimate of drug-likeness (QED) is 0.722. The molecule has 0 radical (unpaired) electrons. The third-order valence-corrected chi connectivity index (χ3v) is 3.32. The molecule has 0 saturated heterocycles. The fourth-order valence-corrected chi connectivity index (χ4v) is 2.26. The topological polar surface area (TPSA) is 66.4 Å². The van der Waals surface area contributed by atoms with Gasteiger partial charge in [0.2, 0.25) is 5.91 Å². The molecule has 1 amide bonds. The van der Waals surface area contributed by atoms with E-state index in [9.17, 15) is 14.7 Å². The van der Waals surface area contributed by atoms with E-state index in [1.807, 2.05) is 19.9 Å². The molecule has 4 nitrogen and oxygen atoms in total. The molecule has 1 saturated carbocycles. The van der Waals surface area contributed by atoms with E-state index in [2.05, 4.69) is 5.32 Å². The van der Waals surface area contributed by atoms with Crippen molar-refractivity contribution >= 4 is 11.9 Å². The highest BCUT2D eigenvalue weighted by atomic mass is 16.4. The minimum atomic E-state index is -0.827. The second-order valence-electron chi connectivity index (χ2n) is 5.05. The summed E-state index contributed by atoms with van der Waals surface area (Å²) >= 11 is 0. The summed E-state index contributed by atoms with van der Waals surface area (Å²) in [5, 5.41) is 12.0. The number of hydrogen-bond acceptors (Lipinski definition) is 2. The number of carboxylic acids is 1. The van der Waals surface area contributed by atoms with Crippen LogP contribution >= 0.6 is 0 Å². The predicted octanol–water partition coefficient (Wildman–Crippen LogP) is 2.10. The van der Waals surface area contributed by atoms with Gasteiger partial charge in [0.15, 0.2) is 0 Å². The van der Waals surface area contributed by atoms with E-state index in [4.69, 9.17) is 0 Å². The molecule has 0 bridgehead atoms. The Hall–Kier alpha value is -1.32. The van der Waals surface area contributed by atoms with Gasteiger partial charge in [0.05, 0.1) is 5.41 Å². The van der Waals surface area contributed by atoms with E-state index in [-0.39, 0.29) is 12.3 Å². The number of carbonyl (C=O) groups is 2. The number of aliphatic carboxylic acids is 1. The van der Waals surface area contributed by atoms with Gasteiger partial charge < -0.3 is 10.4 Å². The van der Waals surface area contributed by atoms with Crippen molar-refractivity contribution in [3.05, 3.63) is 11.6 Å². The number of nitrogens with one attached hydrogen (secondary N) is 1. The minimum absolute atomic E-state index is 0.110. The Morgan fingerprint density at radius 1 is 1.29 bits per heavy atom. The standard InChI is InChI=1S/C13H21NO3/c1-10(2)5-8-14-11(15)9-13(12(16)17)6-3-4-7-13/h5H,3-4,6-9H2,1-2H3,(H,14,15)(H,16,17). The molecule has 0 atom stereocenters. The van der Waals surface area contributed by atoms with Crippen molar-refractivity contribution in [2.45, 2.75) is 46.0 Å². The average molecular weight is 239 g/mol. The molecule has 17 heavy (non-hydrogen) atoms. The SMILES string of the molecule is CC(C)=CCNC(=O)CC1(C(=O)O)CCCC1. The van der Waals surface area contributed by atoms with Gasteiger partial charge in [-0.1, -0.05) is 24.5 Å². The number of carboxylic acid groups (broad SMARTS) is 1. The monoisotopic (exact) mass is 239 g/mol. The average Bonchev–Trinajstić information content (AvgIpc) is 2.66. The van der Waals surface area contributed by atoms with E-state index >= 15 is 0 Å². The predicted molar refractivity (Wildman–Crippen MR) is 65.6 cm³/mol. The zero-order valence-corrected chi connectivity index (χ0v) is 10.6. The molecule has 0 aromatic carbocycles. The van der Waals surface area contributed by atoms with Gasteiger partial charge in [-0.05, 0) is 26.7 Å². The van der Waals surface area contributed by atoms with E-state index in [1.165, 1.54) is 0 Å². The zero-order chi connectivity index (χ0) is 12.9. The Morgan fingerprint density at radius 3 is 2.35 bits per heavy atom. The summed E-state index contributed by atoms with van der Waals surface area (Å²) in [5.74, 6) is -0.987. The van der Waals surface area contributed by atoms with Crippen LogP contribution in [0.3, 0.4) is 0 Å². The molecule has 0 unspecified atom stereocenters. The fourth-order valence-electron chi connectivity index (χ4n) is 2.26. The third kappa shape index (κ3) is 3.88. The summed E-state index contributed by atoms with van der Waals surface area (Å²) in [4.78, 5) is 22.9. The molecule has 0 aliphatic heterocycles. The molecule has 0 heterocycles. The first-order valence-corrected chi connectivity index (χ1v) is 6.10. The van der Waals surface area contributed by atoms with Crippen LogP contribution < -0.4 is 5.32 Å². The third-order valence-electron chi connectivity index (χ3n) is 3.32. The van der Waals surface area contributed by atoms with Crippen LogP contribution in [-0.4, -0.2) is 23.5 Å². The molecule has 0 spiro atoms. The second-order valence-corrected chi connectivity index (χ2v) is 5.05. The Morgan fingerprint density at radius 2 is 1.88 bits per heavy atom. The summed E-state index contributed by atoms with van der Waals surface area (Å²) in [5.41, 5.74) is 0.328. The molecular formula is C13H21NO3. The van der Waals surface area contributed by atoms with E-state index in [0.717, 1.165) is 18.4 Å². The van der Waals surface area contributed by atoms with Gasteiger partial charge in [0, 0.05) is 13.0 Å². The van der Waals surface area contributed by atoms with Gasteiger partial charge in [-0.15, -0.1) is 0 Å². The summed E-state index contributed by atoms with van der Waals surface area (Å²) in [6, 6.07) is 0. The summed E-state index contributed by atoms with van der Waals surface area (Å²) in [6.07, 6.45) is 5.09. The summed E-state index contributed by atoms with van der Waals surface area (Å²) in [7, 11) is 0. The lowest BCUT2D eigenvalue weighted by Crippen LogP contribution is -2.35. The van der Waals surface area contributed by atoms with Crippen molar-refractivity contribution in [2.75, 3.05) is 6.54 Å². The maximum absolute atomic E-state index is 11.7. The van der Waals surface area contributed by atoms with Crippen molar-refractivity contribution in [3.63, 3.8) is 0 Å². The first-order chi connectivity index (χ1) is 7.96. The highest BCUT2D eigenvalue weighted by Gasteiger charge is 2.42. The van der Waals surface area contributed by atoms with Gasteiger partial charge in [0.1, 0.15) is 0 Å². The lowest BCUT2D eigenvalue weighted by Gasteiger charge is -2.22. The van der Waals surface area contributed by atoms with Crippen LogP contribution in [0.15, 0.2) is 11.6 Å². The van der Waals surface area contributed by atoms with Crippen molar-refractivity contribution in [2.24, 2.45) is 5.41 Å². The van der Waals surface area contributed by atoms with E-state index in [0.29, 0.717) is 19.4 Å². The highest BCUT2D eigenvalue weighted by molar-refractivity contribution is 5.85. The molecular weight excluding hydrogens is 218 g/mol. The van der Waals surface area contributed by atoms with E-state index < -0.39 is 11.4 Å². The lowest BCUT2D eigenvalue weighted by atomic mass is 9.82. The normalized spacial score (nSPS) is 17.5. The van der Waals surface area contributed by atoms with Crippen molar-refractivity contribution < 1.29 is 14.7 Å². The van der Waals surface area contributed by atoms with Crippen LogP contribution in [0, 0.1) is 5.41 Å². The van der Waals surface area contributed by atoms with Gasteiger partial charge in [-0.2, -0.15) is 0 Å². The maximum atomic E-state index is 11.7. The summed E-state index contributed by atoms with van der Waals surface area (Å²) in [6.45, 7) is 4.40. The molecule has 0 aromatic rings. The second kappa shape index (κ2) is 5.84. The molecule has 1 aliphatic carbocycles. The Labute approximate surface area is 102 Å². The van der Waals surface area contributed by atoms with Crippen LogP contribution in [0.5, 0.6) is 0 Å². The van der Waals surface area contributed by atoms with Gasteiger partial charge in [0.25, 0.3) is 0 Å². The minimum Gasteiger partial charge on any atom is -0.481 e. The zero-order valence-electron chi connectivity index (χ0n) is 10.6. The maximum Gasteiger partial charge on any atom is 0.310 e. The van der Waals surface area contributed by atoms with Crippen LogP contribution in [0.4, 0.5) is 0 Å². The van der Waals surface area contributed by atoms with Crippen LogP contribution in [-0.2, 0) is 9.59 Å². The van der Waals surface area contributed by atoms with Crippen LogP contribution in [0.2, 0.25) is 0 Å². The number of hydrogen-bond donors (Lipinski definition) is 2. The molecule has 1 rings (SSSR count). The highest BCUT2D eigenvalue weighted by Crippen LogP contribution is 2.41. The summed E-state index contributed by atoms with van der Waals surface area (Å²) < 4.78 is 0. The number of amides is 1. The molecule has 96 valence electrons. The Kier molecular flexibility index (Phi) is 4.73. The molecule has 1 aliphatic rings. The van der Waals surface area contributed by atoms with Gasteiger partial charge >= 0.3 is 5.97 Å². The Bertz CT molecular complexity index is 324. The van der Waals surface area contributed by atoms with Gasteiger partial charge in [-0.3, -0.25) is 9.59 Å². The smallest absolute Gasteiger partial charge is 0.310 e. The van der Waals surface area contributed by atoms with Crippen molar-refractivity contribution in [1.82, 2.24) is 5.32 Å².